The predicted octanol–water partition coefficient (Wildman–Crippen LogP) is 5.63. The number of methoxy groups -OCH3 is 2. The van der Waals surface area contributed by atoms with Crippen molar-refractivity contribution in [1.29, 1.82) is 5.26 Å². The van der Waals surface area contributed by atoms with Gasteiger partial charge in [-0.1, -0.05) is 24.3 Å². The zero-order valence-corrected chi connectivity index (χ0v) is 19.8. The molecule has 0 aromatic heterocycles. The molecule has 0 radical (unpaired) electrons. The fourth-order valence-electron chi connectivity index (χ4n) is 3.20. The maximum absolute atomic E-state index is 12.9. The molecule has 0 aliphatic rings. The van der Waals surface area contributed by atoms with E-state index in [2.05, 4.69) is 10.1 Å². The van der Waals surface area contributed by atoms with Gasteiger partial charge in [0.25, 0.3) is 5.91 Å². The Morgan fingerprint density at radius 2 is 1.73 bits per heavy atom. The summed E-state index contributed by atoms with van der Waals surface area (Å²) in [4.78, 5) is 24.0. The van der Waals surface area contributed by atoms with Crippen LogP contribution in [0.5, 0.6) is 11.5 Å². The van der Waals surface area contributed by atoms with Crippen molar-refractivity contribution < 1.29 is 37.0 Å². The molecule has 10 heteroatoms. The van der Waals surface area contributed by atoms with Crippen molar-refractivity contribution in [2.75, 3.05) is 19.5 Å². The van der Waals surface area contributed by atoms with Crippen molar-refractivity contribution in [3.63, 3.8) is 0 Å². The van der Waals surface area contributed by atoms with Gasteiger partial charge in [-0.25, -0.2) is 4.79 Å². The second kappa shape index (κ2) is 11.8. The first-order valence-corrected chi connectivity index (χ1v) is 10.7. The van der Waals surface area contributed by atoms with Crippen LogP contribution in [0.2, 0.25) is 0 Å². The van der Waals surface area contributed by atoms with Gasteiger partial charge >= 0.3 is 12.1 Å². The number of esters is 1. The first-order valence-electron chi connectivity index (χ1n) is 10.7. The van der Waals surface area contributed by atoms with Crippen LogP contribution < -0.4 is 14.8 Å². The lowest BCUT2D eigenvalue weighted by Gasteiger charge is -2.12. The van der Waals surface area contributed by atoms with Gasteiger partial charge in [0.2, 0.25) is 0 Å². The van der Waals surface area contributed by atoms with E-state index in [1.54, 1.807) is 48.5 Å². The van der Waals surface area contributed by atoms with Crippen LogP contribution >= 0.6 is 0 Å². The van der Waals surface area contributed by atoms with Gasteiger partial charge < -0.3 is 19.5 Å². The molecule has 190 valence electrons. The number of nitrogens with zero attached hydrogens (tertiary/aromatic N) is 1. The second-order valence-corrected chi connectivity index (χ2v) is 7.59. The lowest BCUT2D eigenvalue weighted by atomic mass is 10.1. The Morgan fingerprint density at radius 1 is 1.00 bits per heavy atom. The molecule has 0 unspecified atom stereocenters. The molecule has 1 amide bonds. The topological polar surface area (TPSA) is 97.7 Å². The highest BCUT2D eigenvalue weighted by Crippen LogP contribution is 2.31. The number of alkyl halides is 3. The molecule has 0 saturated carbocycles. The zero-order chi connectivity index (χ0) is 27.0. The Kier molecular flexibility index (Phi) is 8.53. The maximum atomic E-state index is 12.9. The van der Waals surface area contributed by atoms with Gasteiger partial charge in [0.05, 0.1) is 25.3 Å². The third-order valence-electron chi connectivity index (χ3n) is 5.08. The number of halogens is 3. The van der Waals surface area contributed by atoms with Crippen LogP contribution in [0.3, 0.4) is 0 Å². The van der Waals surface area contributed by atoms with Crippen molar-refractivity contribution in [1.82, 2.24) is 0 Å². The van der Waals surface area contributed by atoms with E-state index < -0.39 is 23.6 Å². The standard InChI is InChI=1S/C27H21F3N2O5/c1-35-24-13-18(8-11-23(24)37-16-17-6-9-19(10-7-17)26(34)36-2)12-20(15-31)25(33)32-22-5-3-4-21(14-22)27(28,29)30/h3-14H,16H2,1-2H3,(H,32,33). The van der Waals surface area contributed by atoms with Gasteiger partial charge in [-0.05, 0) is 59.7 Å². The number of hydrogen-bond acceptors (Lipinski definition) is 6. The van der Waals surface area contributed by atoms with E-state index in [1.165, 1.54) is 26.4 Å². The number of carbonyl (C=O) groups excluding carboxylic acids is 2. The van der Waals surface area contributed by atoms with Crippen LogP contribution in [0.1, 0.15) is 27.0 Å². The van der Waals surface area contributed by atoms with E-state index in [0.29, 0.717) is 22.6 Å². The fourth-order valence-corrected chi connectivity index (χ4v) is 3.20. The third-order valence-corrected chi connectivity index (χ3v) is 5.08. The summed E-state index contributed by atoms with van der Waals surface area (Å²) < 4.78 is 54.6. The minimum absolute atomic E-state index is 0.0954. The molecule has 3 aromatic carbocycles. The van der Waals surface area contributed by atoms with E-state index in [9.17, 15) is 28.0 Å². The molecule has 7 nitrogen and oxygen atoms in total. The maximum Gasteiger partial charge on any atom is 0.416 e. The molecule has 1 N–H and O–H groups in total. The van der Waals surface area contributed by atoms with Crippen LogP contribution in [0, 0.1) is 11.3 Å². The van der Waals surface area contributed by atoms with Crippen molar-refractivity contribution in [3.05, 3.63) is 94.6 Å². The average Bonchev–Trinajstić information content (AvgIpc) is 2.90. The van der Waals surface area contributed by atoms with Crippen LogP contribution in [0.4, 0.5) is 18.9 Å². The Bertz CT molecular complexity index is 1360. The Labute approximate surface area is 210 Å². The largest absolute Gasteiger partial charge is 0.493 e. The summed E-state index contributed by atoms with van der Waals surface area (Å²) >= 11 is 0. The number of carbonyl (C=O) groups is 2. The number of benzene rings is 3. The van der Waals surface area contributed by atoms with Crippen molar-refractivity contribution in [3.8, 4) is 17.6 Å². The molecule has 0 heterocycles. The third kappa shape index (κ3) is 7.11. The van der Waals surface area contributed by atoms with E-state index in [-0.39, 0.29) is 17.9 Å². The molecule has 0 atom stereocenters. The highest BCUT2D eigenvalue weighted by molar-refractivity contribution is 6.09. The lowest BCUT2D eigenvalue weighted by molar-refractivity contribution is -0.137. The molecule has 3 aromatic rings. The summed E-state index contributed by atoms with van der Waals surface area (Å²) in [5.74, 6) is -0.589. The number of nitrogens with one attached hydrogen (secondary N) is 1. The van der Waals surface area contributed by atoms with Gasteiger partial charge in [-0.15, -0.1) is 0 Å². The first kappa shape index (κ1) is 26.8. The van der Waals surface area contributed by atoms with Crippen LogP contribution in [0.15, 0.2) is 72.3 Å². The van der Waals surface area contributed by atoms with E-state index in [0.717, 1.165) is 23.8 Å². The summed E-state index contributed by atoms with van der Waals surface area (Å²) in [6.45, 7) is 0.176. The van der Waals surface area contributed by atoms with E-state index in [4.69, 9.17) is 9.47 Å². The van der Waals surface area contributed by atoms with Gasteiger partial charge in [0, 0.05) is 5.69 Å². The first-order chi connectivity index (χ1) is 17.6. The minimum atomic E-state index is -4.57. The second-order valence-electron chi connectivity index (χ2n) is 7.59. The zero-order valence-electron chi connectivity index (χ0n) is 19.8. The lowest BCUT2D eigenvalue weighted by Crippen LogP contribution is -2.14. The summed E-state index contributed by atoms with van der Waals surface area (Å²) in [6, 6.07) is 17.3. The molecular weight excluding hydrogens is 489 g/mol. The Hall–Kier alpha value is -4.78. The van der Waals surface area contributed by atoms with Crippen molar-refractivity contribution in [2.24, 2.45) is 0 Å². The fraction of sp³-hybridized carbons (Fsp3) is 0.148. The predicted molar refractivity (Wildman–Crippen MR) is 129 cm³/mol. The molecule has 0 fully saturated rings. The number of ether oxygens (including phenoxy) is 3. The molecule has 0 aliphatic heterocycles. The molecule has 3 rings (SSSR count). The number of hydrogen-bond donors (Lipinski definition) is 1. The number of anilines is 1. The molecular formula is C27H21F3N2O5. The number of amides is 1. The van der Waals surface area contributed by atoms with Crippen LogP contribution in [0.25, 0.3) is 6.08 Å². The molecule has 0 saturated heterocycles. The molecule has 37 heavy (non-hydrogen) atoms. The van der Waals surface area contributed by atoms with Crippen molar-refractivity contribution >= 4 is 23.6 Å². The average molecular weight is 510 g/mol. The molecule has 0 aliphatic carbocycles. The normalized spacial score (nSPS) is 11.3. The molecule has 0 bridgehead atoms. The van der Waals surface area contributed by atoms with Gasteiger partial charge in [-0.3, -0.25) is 4.79 Å². The Balaban J connectivity index is 1.72. The van der Waals surface area contributed by atoms with Gasteiger partial charge in [0.15, 0.2) is 11.5 Å². The summed E-state index contributed by atoms with van der Waals surface area (Å²) in [5.41, 5.74) is 0.290. The summed E-state index contributed by atoms with van der Waals surface area (Å²) in [7, 11) is 2.72. The smallest absolute Gasteiger partial charge is 0.416 e. The SMILES string of the molecule is COC(=O)c1ccc(COc2ccc(C=C(C#N)C(=O)Nc3cccc(C(F)(F)F)c3)cc2OC)cc1. The van der Waals surface area contributed by atoms with Crippen LogP contribution in [-0.4, -0.2) is 26.1 Å². The van der Waals surface area contributed by atoms with E-state index in [1.807, 2.05) is 0 Å². The summed E-state index contributed by atoms with van der Waals surface area (Å²) in [5, 5.41) is 11.7. The van der Waals surface area contributed by atoms with Gasteiger partial charge in [-0.2, -0.15) is 18.4 Å². The summed E-state index contributed by atoms with van der Waals surface area (Å²) in [6.07, 6.45) is -3.29. The monoisotopic (exact) mass is 510 g/mol. The van der Waals surface area contributed by atoms with Crippen LogP contribution in [-0.2, 0) is 22.3 Å². The minimum Gasteiger partial charge on any atom is -0.493 e. The Morgan fingerprint density at radius 3 is 2.35 bits per heavy atom. The van der Waals surface area contributed by atoms with E-state index >= 15 is 0 Å². The van der Waals surface area contributed by atoms with Crippen molar-refractivity contribution in [2.45, 2.75) is 12.8 Å². The molecule has 0 spiro atoms. The highest BCUT2D eigenvalue weighted by atomic mass is 19.4. The number of rotatable bonds is 8. The van der Waals surface area contributed by atoms with Gasteiger partial charge in [0.1, 0.15) is 18.2 Å². The quantitative estimate of drug-likeness (QED) is 0.240. The highest BCUT2D eigenvalue weighted by Gasteiger charge is 2.30. The number of nitriles is 1.